The van der Waals surface area contributed by atoms with Gasteiger partial charge in [-0.15, -0.1) is 11.3 Å². The molecule has 1 N–H and O–H groups in total. The van der Waals surface area contributed by atoms with Crippen molar-refractivity contribution in [1.29, 1.82) is 0 Å². The average molecular weight is 392 g/mol. The van der Waals surface area contributed by atoms with Crippen LogP contribution < -0.4 is 4.72 Å². The van der Waals surface area contributed by atoms with Crippen molar-refractivity contribution in [3.63, 3.8) is 0 Å². The molecule has 0 saturated heterocycles. The summed E-state index contributed by atoms with van der Waals surface area (Å²) in [5.41, 5.74) is 2.33. The number of anilines is 1. The zero-order valence-corrected chi connectivity index (χ0v) is 15.9. The fraction of sp³-hybridized carbons (Fsp3) is 0.176. The van der Waals surface area contributed by atoms with Gasteiger partial charge in [-0.3, -0.25) is 4.72 Å². The topological polar surface area (TPSA) is 98.5 Å². The number of esters is 1. The van der Waals surface area contributed by atoms with E-state index in [2.05, 4.69) is 14.6 Å². The maximum absolute atomic E-state index is 12.6. The Labute approximate surface area is 154 Å². The molecule has 0 bridgehead atoms. The molecule has 9 heteroatoms. The first-order valence-corrected chi connectivity index (χ1v) is 9.86. The van der Waals surface area contributed by atoms with Gasteiger partial charge < -0.3 is 9.26 Å². The van der Waals surface area contributed by atoms with E-state index in [0.717, 1.165) is 22.6 Å². The van der Waals surface area contributed by atoms with Crippen LogP contribution in [0.2, 0.25) is 0 Å². The zero-order chi connectivity index (χ0) is 18.9. The molecule has 0 saturated carbocycles. The van der Waals surface area contributed by atoms with Crippen LogP contribution in [0.3, 0.4) is 0 Å². The Balaban J connectivity index is 1.83. The van der Waals surface area contributed by atoms with E-state index >= 15 is 0 Å². The van der Waals surface area contributed by atoms with Crippen LogP contribution in [0.1, 0.15) is 21.6 Å². The highest BCUT2D eigenvalue weighted by Gasteiger charge is 2.20. The van der Waals surface area contributed by atoms with Crippen LogP contribution in [-0.2, 0) is 14.8 Å². The Morgan fingerprint density at radius 3 is 2.42 bits per heavy atom. The summed E-state index contributed by atoms with van der Waals surface area (Å²) in [6, 6.07) is 9.19. The van der Waals surface area contributed by atoms with Gasteiger partial charge in [0.2, 0.25) is 0 Å². The molecule has 7 nitrogen and oxygen atoms in total. The summed E-state index contributed by atoms with van der Waals surface area (Å²) >= 11 is 1.09. The Bertz CT molecular complexity index is 1050. The number of nitrogens with zero attached hydrogens (tertiary/aromatic N) is 1. The van der Waals surface area contributed by atoms with E-state index in [4.69, 9.17) is 4.52 Å². The number of nitrogens with one attached hydrogen (secondary N) is 1. The quantitative estimate of drug-likeness (QED) is 0.666. The molecule has 136 valence electrons. The predicted molar refractivity (Wildman–Crippen MR) is 97.9 cm³/mol. The van der Waals surface area contributed by atoms with Gasteiger partial charge in [-0.25, -0.2) is 13.2 Å². The van der Waals surface area contributed by atoms with Crippen LogP contribution in [0, 0.1) is 13.8 Å². The van der Waals surface area contributed by atoms with Gasteiger partial charge in [-0.1, -0.05) is 5.16 Å². The van der Waals surface area contributed by atoms with Crippen molar-refractivity contribution in [2.75, 3.05) is 11.8 Å². The summed E-state index contributed by atoms with van der Waals surface area (Å²) in [6.07, 6.45) is 0. The van der Waals surface area contributed by atoms with E-state index in [-0.39, 0.29) is 4.21 Å². The zero-order valence-electron chi connectivity index (χ0n) is 14.3. The van der Waals surface area contributed by atoms with Crippen molar-refractivity contribution in [3.05, 3.63) is 53.2 Å². The van der Waals surface area contributed by atoms with Crippen molar-refractivity contribution in [2.24, 2.45) is 0 Å². The van der Waals surface area contributed by atoms with E-state index < -0.39 is 16.0 Å². The molecule has 2 aromatic heterocycles. The third-order valence-electron chi connectivity index (χ3n) is 3.79. The van der Waals surface area contributed by atoms with Crippen LogP contribution in [-0.4, -0.2) is 26.7 Å². The number of thiophene rings is 1. The van der Waals surface area contributed by atoms with E-state index in [1.54, 1.807) is 6.07 Å². The number of rotatable bonds is 5. The molecule has 0 radical (unpaired) electrons. The molecule has 0 aliphatic carbocycles. The fourth-order valence-corrected chi connectivity index (χ4v) is 4.63. The van der Waals surface area contributed by atoms with Gasteiger partial charge in [0.15, 0.2) is 5.76 Å². The minimum atomic E-state index is -3.75. The van der Waals surface area contributed by atoms with Crippen molar-refractivity contribution >= 4 is 33.0 Å². The van der Waals surface area contributed by atoms with Gasteiger partial charge in [0, 0.05) is 11.3 Å². The largest absolute Gasteiger partial charge is 0.465 e. The molecule has 0 atom stereocenters. The molecule has 3 aromatic rings. The minimum Gasteiger partial charge on any atom is -0.465 e. The summed E-state index contributed by atoms with van der Waals surface area (Å²) in [7, 11) is -2.47. The number of hydrogen-bond acceptors (Lipinski definition) is 7. The Kier molecular flexibility index (Phi) is 4.84. The maximum atomic E-state index is 12.6. The lowest BCUT2D eigenvalue weighted by Crippen LogP contribution is -2.11. The second kappa shape index (κ2) is 6.93. The number of benzene rings is 1. The van der Waals surface area contributed by atoms with Gasteiger partial charge in [-0.05, 0) is 50.2 Å². The summed E-state index contributed by atoms with van der Waals surface area (Å²) in [5, 5.41) is 3.89. The molecule has 26 heavy (non-hydrogen) atoms. The first-order chi connectivity index (χ1) is 12.3. The predicted octanol–water partition coefficient (Wildman–Crippen LogP) is 3.61. The normalized spacial score (nSPS) is 11.3. The highest BCUT2D eigenvalue weighted by atomic mass is 32.2. The number of hydrogen-bond donors (Lipinski definition) is 1. The standard InChI is InChI=1S/C17H16N2O5S2/c1-10-11(2)18-24-16(10)14-8-9-15(25-14)26(21,22)19-13-6-4-12(5-7-13)17(20)23-3/h4-9,19H,1-3H3. The van der Waals surface area contributed by atoms with Crippen molar-refractivity contribution < 1.29 is 22.5 Å². The van der Waals surface area contributed by atoms with E-state index in [1.807, 2.05) is 13.8 Å². The number of carbonyl (C=O) groups excluding carboxylic acids is 1. The molecule has 0 amide bonds. The van der Waals surface area contributed by atoms with Crippen LogP contribution >= 0.6 is 11.3 Å². The van der Waals surface area contributed by atoms with Crippen molar-refractivity contribution in [1.82, 2.24) is 5.16 Å². The highest BCUT2D eigenvalue weighted by molar-refractivity contribution is 7.94. The summed E-state index contributed by atoms with van der Waals surface area (Å²) < 4.78 is 37.7. The Hall–Kier alpha value is -2.65. The summed E-state index contributed by atoms with van der Waals surface area (Å²) in [6.45, 7) is 3.70. The number of aryl methyl sites for hydroxylation is 1. The van der Waals surface area contributed by atoms with Gasteiger partial charge in [0.25, 0.3) is 10.0 Å². The molecule has 1 aromatic carbocycles. The number of carbonyl (C=O) groups is 1. The lowest BCUT2D eigenvalue weighted by molar-refractivity contribution is 0.0601. The fourth-order valence-electron chi connectivity index (χ4n) is 2.23. The molecule has 2 heterocycles. The van der Waals surface area contributed by atoms with E-state index in [0.29, 0.717) is 21.9 Å². The Morgan fingerprint density at radius 2 is 1.85 bits per heavy atom. The molecular weight excluding hydrogens is 376 g/mol. The van der Waals surface area contributed by atoms with Crippen LogP contribution in [0.4, 0.5) is 5.69 Å². The molecule has 3 rings (SSSR count). The second-order valence-electron chi connectivity index (χ2n) is 5.52. The van der Waals surface area contributed by atoms with Crippen LogP contribution in [0.5, 0.6) is 0 Å². The third kappa shape index (κ3) is 3.49. The Morgan fingerprint density at radius 1 is 1.15 bits per heavy atom. The number of ether oxygens (including phenoxy) is 1. The molecule has 0 spiro atoms. The van der Waals surface area contributed by atoms with Crippen LogP contribution in [0.25, 0.3) is 10.6 Å². The third-order valence-corrected chi connectivity index (χ3v) is 6.74. The first-order valence-electron chi connectivity index (χ1n) is 7.56. The maximum Gasteiger partial charge on any atom is 0.337 e. The highest BCUT2D eigenvalue weighted by Crippen LogP contribution is 2.34. The number of aromatic nitrogens is 1. The van der Waals surface area contributed by atoms with E-state index in [9.17, 15) is 13.2 Å². The van der Waals surface area contributed by atoms with Gasteiger partial charge in [0.05, 0.1) is 23.2 Å². The lowest BCUT2D eigenvalue weighted by Gasteiger charge is -2.06. The SMILES string of the molecule is COC(=O)c1ccc(NS(=O)(=O)c2ccc(-c3onc(C)c3C)s2)cc1. The number of methoxy groups -OCH3 is 1. The number of sulfonamides is 1. The lowest BCUT2D eigenvalue weighted by atomic mass is 10.2. The van der Waals surface area contributed by atoms with Crippen molar-refractivity contribution in [3.8, 4) is 10.6 Å². The first kappa shape index (κ1) is 18.2. The van der Waals surface area contributed by atoms with Crippen LogP contribution in [0.15, 0.2) is 45.1 Å². The minimum absolute atomic E-state index is 0.151. The van der Waals surface area contributed by atoms with Crippen molar-refractivity contribution in [2.45, 2.75) is 18.1 Å². The van der Waals surface area contributed by atoms with Gasteiger partial charge in [-0.2, -0.15) is 0 Å². The van der Waals surface area contributed by atoms with Gasteiger partial charge >= 0.3 is 5.97 Å². The average Bonchev–Trinajstić information content (AvgIpc) is 3.23. The molecule has 0 aliphatic rings. The molecule has 0 aliphatic heterocycles. The summed E-state index contributed by atoms with van der Waals surface area (Å²) in [5.74, 6) is 0.0800. The second-order valence-corrected chi connectivity index (χ2v) is 8.51. The smallest absolute Gasteiger partial charge is 0.337 e. The molecule has 0 fully saturated rings. The molecular formula is C17H16N2O5S2. The molecule has 0 unspecified atom stereocenters. The summed E-state index contributed by atoms with van der Waals surface area (Å²) in [4.78, 5) is 12.1. The monoisotopic (exact) mass is 392 g/mol. The van der Waals surface area contributed by atoms with Gasteiger partial charge in [0.1, 0.15) is 4.21 Å². The van der Waals surface area contributed by atoms with E-state index in [1.165, 1.54) is 37.4 Å².